The minimum atomic E-state index is -5.57. The van der Waals surface area contributed by atoms with Crippen molar-refractivity contribution in [2.45, 2.75) is 122 Å². The van der Waals surface area contributed by atoms with E-state index in [9.17, 15) is 57.9 Å². The maximum absolute atomic E-state index is 12.7. The number of anilines is 1. The summed E-state index contributed by atoms with van der Waals surface area (Å²) in [5, 5.41) is 26.5. The number of allylic oxidation sites excluding steroid dienone is 2. The van der Waals surface area contributed by atoms with Crippen LogP contribution in [0.2, 0.25) is 0 Å². The fourth-order valence-corrected chi connectivity index (χ4v) is 9.52. The Labute approximate surface area is 368 Å². The zero-order chi connectivity index (χ0) is 46.8. The largest absolute Gasteiger partial charge is 0.481 e. The van der Waals surface area contributed by atoms with E-state index in [0.717, 1.165) is 41.8 Å². The highest BCUT2D eigenvalue weighted by molar-refractivity contribution is 8.13. The van der Waals surface area contributed by atoms with E-state index in [2.05, 4.69) is 41.3 Å². The van der Waals surface area contributed by atoms with Crippen LogP contribution in [0.4, 0.5) is 5.82 Å². The molecule has 1 fully saturated rings. The number of carbonyl (C=O) groups excluding carboxylic acids is 3. The molecule has 3 rings (SSSR count). The molecule has 0 radical (unpaired) electrons. The number of aliphatic hydroxyl groups is 2. The van der Waals surface area contributed by atoms with Crippen molar-refractivity contribution in [3.8, 4) is 0 Å². The van der Waals surface area contributed by atoms with E-state index in [1.165, 1.54) is 58.8 Å². The molecule has 28 heteroatoms. The van der Waals surface area contributed by atoms with E-state index in [1.807, 2.05) is 12.2 Å². The van der Waals surface area contributed by atoms with Gasteiger partial charge in [0.05, 0.1) is 19.5 Å². The van der Waals surface area contributed by atoms with Gasteiger partial charge in [-0.3, -0.25) is 32.5 Å². The summed E-state index contributed by atoms with van der Waals surface area (Å²) in [5.41, 5.74) is 4.28. The van der Waals surface area contributed by atoms with Crippen molar-refractivity contribution < 1.29 is 80.5 Å². The van der Waals surface area contributed by atoms with Crippen LogP contribution in [-0.4, -0.2) is 123 Å². The Hall–Kier alpha value is -2.70. The average Bonchev–Trinajstić information content (AvgIpc) is 3.76. The molecule has 2 amide bonds. The van der Waals surface area contributed by atoms with Gasteiger partial charge in [0.1, 0.15) is 36.3 Å². The number of hydrogen-bond donors (Lipinski definition) is 9. The topological polar surface area (TPSA) is 364 Å². The number of unbranched alkanes of at least 4 members (excludes halogenated alkanes) is 8. The molecule has 0 saturated carbocycles. The Balaban J connectivity index is 1.37. The summed E-state index contributed by atoms with van der Waals surface area (Å²) in [5.74, 6) is -1.08. The Kier molecular flexibility index (Phi) is 22.4. The predicted octanol–water partition coefficient (Wildman–Crippen LogP) is 3.14. The number of rotatable bonds is 30. The number of nitrogens with one attached hydrogen (secondary N) is 2. The maximum atomic E-state index is 12.7. The van der Waals surface area contributed by atoms with Crippen LogP contribution < -0.4 is 16.4 Å². The van der Waals surface area contributed by atoms with E-state index in [-0.39, 0.29) is 41.6 Å². The third kappa shape index (κ3) is 19.4. The third-order valence-electron chi connectivity index (χ3n) is 9.44. The Morgan fingerprint density at radius 1 is 0.968 bits per heavy atom. The number of aromatic nitrogens is 4. The van der Waals surface area contributed by atoms with Crippen LogP contribution in [0.3, 0.4) is 0 Å². The first-order valence-corrected chi connectivity index (χ1v) is 25.8. The zero-order valence-corrected chi connectivity index (χ0v) is 38.8. The number of phosphoric ester groups is 3. The summed E-state index contributed by atoms with van der Waals surface area (Å²) in [7, 11) is -16.4. The van der Waals surface area contributed by atoms with Crippen LogP contribution in [0.25, 0.3) is 11.2 Å². The van der Waals surface area contributed by atoms with Gasteiger partial charge in [-0.2, -0.15) is 4.31 Å². The van der Waals surface area contributed by atoms with Crippen LogP contribution >= 0.6 is 35.2 Å². The lowest BCUT2D eigenvalue weighted by molar-refractivity contribution is -0.137. The lowest BCUT2D eigenvalue weighted by atomic mass is 9.87. The maximum Gasteiger partial charge on any atom is 0.481 e. The second-order valence-corrected chi connectivity index (χ2v) is 20.6. The first kappa shape index (κ1) is 54.6. The molecule has 24 nitrogen and oxygen atoms in total. The number of nitrogen functional groups attached to an aromatic ring is 1. The van der Waals surface area contributed by atoms with Crippen molar-refractivity contribution in [1.29, 1.82) is 0 Å². The number of phosphoric acid groups is 3. The minimum absolute atomic E-state index is 0.0200. The van der Waals surface area contributed by atoms with Crippen molar-refractivity contribution in [2.24, 2.45) is 5.41 Å². The van der Waals surface area contributed by atoms with Gasteiger partial charge in [0.15, 0.2) is 22.8 Å². The molecule has 2 aromatic heterocycles. The Morgan fingerprint density at radius 2 is 1.63 bits per heavy atom. The summed E-state index contributed by atoms with van der Waals surface area (Å²) in [4.78, 5) is 88.1. The second kappa shape index (κ2) is 25.9. The summed E-state index contributed by atoms with van der Waals surface area (Å²) >= 11 is 1.10. The Bertz CT molecular complexity index is 1970. The SMILES string of the molecule is CCCCCCCCCC/C=C/CC(=O)SCCNC(=O)CCNC(=O)[C@@H](O)C(C)(C)COP(=O)(O)OP(=O)(O)OCC1OC(n2cnc3c(N)ncnc32)C(O)C1OP(=O)(O)O. The van der Waals surface area contributed by atoms with Gasteiger partial charge in [-0.05, 0) is 12.8 Å². The number of carbonyl (C=O) groups is 3. The molecule has 0 bridgehead atoms. The highest BCUT2D eigenvalue weighted by atomic mass is 32.2. The molecular formula is C35H60N7O17P3S. The molecule has 10 N–H and O–H groups in total. The van der Waals surface area contributed by atoms with Crippen molar-refractivity contribution in [1.82, 2.24) is 30.2 Å². The van der Waals surface area contributed by atoms with Crippen LogP contribution in [0, 0.1) is 5.41 Å². The molecule has 0 spiro atoms. The van der Waals surface area contributed by atoms with Crippen LogP contribution in [0.15, 0.2) is 24.8 Å². The fraction of sp³-hybridized carbons (Fsp3) is 0.714. The van der Waals surface area contributed by atoms with Gasteiger partial charge in [-0.15, -0.1) is 0 Å². The molecule has 1 aliphatic heterocycles. The summed E-state index contributed by atoms with van der Waals surface area (Å²) < 4.78 is 62.3. The number of fused-ring (bicyclic) bond motifs is 1. The van der Waals surface area contributed by atoms with Gasteiger partial charge in [-0.25, -0.2) is 28.6 Å². The van der Waals surface area contributed by atoms with E-state index in [4.69, 9.17) is 19.5 Å². The van der Waals surface area contributed by atoms with Crippen LogP contribution in [0.5, 0.6) is 0 Å². The second-order valence-electron chi connectivity index (χ2n) is 15.2. The van der Waals surface area contributed by atoms with E-state index in [1.54, 1.807) is 0 Å². The van der Waals surface area contributed by atoms with Crippen LogP contribution in [0.1, 0.15) is 97.6 Å². The third-order valence-corrected chi connectivity index (χ3v) is 13.4. The number of hydrogen-bond acceptors (Lipinski definition) is 18. The molecule has 6 unspecified atom stereocenters. The number of thioether (sulfide) groups is 1. The van der Waals surface area contributed by atoms with Gasteiger partial charge in [0.2, 0.25) is 11.8 Å². The molecule has 1 aliphatic rings. The van der Waals surface area contributed by atoms with Gasteiger partial charge >= 0.3 is 23.5 Å². The zero-order valence-electron chi connectivity index (χ0n) is 35.3. The quantitative estimate of drug-likeness (QED) is 0.0308. The lowest BCUT2D eigenvalue weighted by Gasteiger charge is -2.30. The molecule has 3 heterocycles. The van der Waals surface area contributed by atoms with E-state index in [0.29, 0.717) is 12.2 Å². The minimum Gasteiger partial charge on any atom is -0.386 e. The van der Waals surface area contributed by atoms with Gasteiger partial charge < -0.3 is 50.9 Å². The highest BCUT2D eigenvalue weighted by Gasteiger charge is 2.50. The van der Waals surface area contributed by atoms with Crippen molar-refractivity contribution >= 4 is 69.1 Å². The molecule has 0 aliphatic carbocycles. The summed E-state index contributed by atoms with van der Waals surface area (Å²) in [6.45, 7) is 2.73. The van der Waals surface area contributed by atoms with Crippen molar-refractivity contribution in [3.05, 3.63) is 24.8 Å². The first-order valence-electron chi connectivity index (χ1n) is 20.3. The fourth-order valence-electron chi connectivity index (χ4n) is 6.05. The predicted molar refractivity (Wildman–Crippen MR) is 228 cm³/mol. The molecule has 7 atom stereocenters. The van der Waals surface area contributed by atoms with Crippen LogP contribution in [-0.2, 0) is 50.7 Å². The first-order chi connectivity index (χ1) is 29.6. The molecular weight excluding hydrogens is 915 g/mol. The van der Waals surface area contributed by atoms with Gasteiger partial charge in [-0.1, -0.05) is 89.6 Å². The van der Waals surface area contributed by atoms with Gasteiger partial charge in [0.25, 0.3) is 0 Å². The number of nitrogens with zero attached hydrogens (tertiary/aromatic N) is 4. The van der Waals surface area contributed by atoms with Crippen molar-refractivity contribution in [2.75, 3.05) is 37.8 Å². The summed E-state index contributed by atoms with van der Waals surface area (Å²) in [6, 6.07) is 0. The smallest absolute Gasteiger partial charge is 0.386 e. The Morgan fingerprint density at radius 3 is 2.32 bits per heavy atom. The average molecular weight is 976 g/mol. The number of nitrogens with two attached hydrogens (primary N) is 1. The number of ether oxygens (including phenoxy) is 1. The number of aliphatic hydroxyl groups excluding tert-OH is 2. The molecule has 0 aromatic carbocycles. The van der Waals surface area contributed by atoms with E-state index < -0.39 is 84.6 Å². The normalized spacial score (nSPS) is 20.7. The molecule has 2 aromatic rings. The summed E-state index contributed by atoms with van der Waals surface area (Å²) in [6.07, 6.45) is 8.15. The lowest BCUT2D eigenvalue weighted by Crippen LogP contribution is -2.46. The molecule has 358 valence electrons. The molecule has 63 heavy (non-hydrogen) atoms. The number of imidazole rings is 1. The van der Waals surface area contributed by atoms with Gasteiger partial charge in [0, 0.05) is 37.1 Å². The highest BCUT2D eigenvalue weighted by Crippen LogP contribution is 2.61. The standard InChI is InChI=1S/C35H60N7O17P3S/c1-4-5-6-7-8-9-10-11-12-13-14-15-26(44)63-19-18-37-25(43)16-17-38-33(47)30(46)35(2,3)21-56-62(53,54)59-61(51,52)55-20-24-29(58-60(48,49)50)28(45)34(57-24)42-23-41-27-31(36)39-22-40-32(27)42/h13-14,22-24,28-30,34,45-46H,4-12,15-21H2,1-3H3,(H,37,43)(H,38,47)(H,51,52)(H,53,54)(H2,36,39,40)(H2,48,49,50)/b14-13+/t24?,28?,29?,30-,34?/m1/s1. The van der Waals surface area contributed by atoms with Crippen molar-refractivity contribution in [3.63, 3.8) is 0 Å². The number of amides is 2. The molecule has 1 saturated heterocycles. The monoisotopic (exact) mass is 975 g/mol. The van der Waals surface area contributed by atoms with E-state index >= 15 is 0 Å².